The molecule has 1 saturated carbocycles. The lowest BCUT2D eigenvalue weighted by atomic mass is 9.99. The predicted molar refractivity (Wildman–Crippen MR) is 168 cm³/mol. The Bertz CT molecular complexity index is 1700. The van der Waals surface area contributed by atoms with Gasteiger partial charge in [-0.2, -0.15) is 0 Å². The van der Waals surface area contributed by atoms with Crippen LogP contribution in [0.5, 0.6) is 23.0 Å². The predicted octanol–water partition coefficient (Wildman–Crippen LogP) is 6.47. The number of piperidine rings is 1. The van der Waals surface area contributed by atoms with Crippen LogP contribution in [0.15, 0.2) is 66.9 Å². The summed E-state index contributed by atoms with van der Waals surface area (Å²) in [6.45, 7) is 2.53. The third-order valence-electron chi connectivity index (χ3n) is 8.05. The maximum absolute atomic E-state index is 15.2. The Kier molecular flexibility index (Phi) is 9.69. The number of methoxy groups -OCH3 is 1. The van der Waals surface area contributed by atoms with Crippen LogP contribution in [0.2, 0.25) is 0 Å². The molecule has 0 unspecified atom stereocenters. The molecule has 45 heavy (non-hydrogen) atoms. The lowest BCUT2D eigenvalue weighted by Crippen LogP contribution is -2.35. The molecule has 0 bridgehead atoms. The average Bonchev–Trinajstić information content (AvgIpc) is 3.85. The molecule has 6 rings (SSSR count). The van der Waals surface area contributed by atoms with Gasteiger partial charge in [-0.25, -0.2) is 8.78 Å². The van der Waals surface area contributed by atoms with Crippen LogP contribution in [-0.4, -0.2) is 43.6 Å². The maximum atomic E-state index is 15.2. The van der Waals surface area contributed by atoms with Crippen LogP contribution < -0.4 is 30.2 Å². The third kappa shape index (κ3) is 7.10. The molecule has 0 spiro atoms. The summed E-state index contributed by atoms with van der Waals surface area (Å²) in [6.07, 6.45) is 4.36. The summed E-state index contributed by atoms with van der Waals surface area (Å²) in [5.41, 5.74) is -0.116. The highest BCUT2D eigenvalue weighted by Gasteiger charge is 2.56. The van der Waals surface area contributed by atoms with E-state index < -0.39 is 28.9 Å². The molecule has 9 nitrogen and oxygen atoms in total. The molecule has 236 valence electrons. The summed E-state index contributed by atoms with van der Waals surface area (Å²) in [5, 5.41) is 9.25. The number of anilines is 2. The minimum Gasteiger partial charge on any atom is -0.493 e. The minimum atomic E-state index is -1.27. The summed E-state index contributed by atoms with van der Waals surface area (Å²) in [5.74, 6) is -0.327. The van der Waals surface area contributed by atoms with Gasteiger partial charge in [0.05, 0.1) is 19.2 Å². The van der Waals surface area contributed by atoms with Crippen molar-refractivity contribution in [2.75, 3.05) is 37.4 Å². The molecule has 4 aromatic rings. The van der Waals surface area contributed by atoms with E-state index in [2.05, 4.69) is 20.9 Å². The van der Waals surface area contributed by atoms with E-state index in [4.69, 9.17) is 14.2 Å². The van der Waals surface area contributed by atoms with E-state index in [1.165, 1.54) is 36.4 Å². The first-order valence-electron chi connectivity index (χ1n) is 14.5. The van der Waals surface area contributed by atoms with Crippen molar-refractivity contribution < 1.29 is 32.6 Å². The summed E-state index contributed by atoms with van der Waals surface area (Å²) in [7, 11) is 1.56. The zero-order valence-electron chi connectivity index (χ0n) is 24.5. The Morgan fingerprint density at radius 1 is 0.889 bits per heavy atom. The Morgan fingerprint density at radius 3 is 2.24 bits per heavy atom. The second kappa shape index (κ2) is 13.7. The molecule has 1 saturated heterocycles. The number of carbonyl (C=O) groups excluding carboxylic acids is 2. The summed E-state index contributed by atoms with van der Waals surface area (Å²) in [4.78, 5) is 30.3. The van der Waals surface area contributed by atoms with Crippen molar-refractivity contribution in [1.82, 2.24) is 10.3 Å². The normalized spacial score (nSPS) is 15.4. The van der Waals surface area contributed by atoms with Crippen LogP contribution in [0.25, 0.3) is 10.9 Å². The average molecular weight is 639 g/mol. The summed E-state index contributed by atoms with van der Waals surface area (Å²) < 4.78 is 46.0. The van der Waals surface area contributed by atoms with Crippen molar-refractivity contribution in [3.05, 3.63) is 78.5 Å². The van der Waals surface area contributed by atoms with Gasteiger partial charge in [-0.1, -0.05) is 0 Å². The van der Waals surface area contributed by atoms with Crippen molar-refractivity contribution in [3.63, 3.8) is 0 Å². The van der Waals surface area contributed by atoms with Gasteiger partial charge >= 0.3 is 0 Å². The first kappa shape index (κ1) is 31.9. The Balaban J connectivity index is 0.00000400. The second-order valence-corrected chi connectivity index (χ2v) is 11.1. The van der Waals surface area contributed by atoms with Gasteiger partial charge in [-0.05, 0) is 93.2 Å². The topological polar surface area (TPSA) is 111 Å². The van der Waals surface area contributed by atoms with Crippen molar-refractivity contribution in [2.45, 2.75) is 25.7 Å². The van der Waals surface area contributed by atoms with Gasteiger partial charge in [-0.15, -0.1) is 12.4 Å². The zero-order valence-corrected chi connectivity index (χ0v) is 25.3. The van der Waals surface area contributed by atoms with E-state index in [0.29, 0.717) is 59.2 Å². The van der Waals surface area contributed by atoms with Gasteiger partial charge in [-0.3, -0.25) is 14.6 Å². The number of hydrogen-bond donors (Lipinski definition) is 3. The molecule has 0 atom stereocenters. The number of nitrogens with zero attached hydrogens (tertiary/aromatic N) is 1. The molecule has 1 aliphatic heterocycles. The Labute approximate surface area is 265 Å². The van der Waals surface area contributed by atoms with Crippen molar-refractivity contribution in [1.29, 1.82) is 0 Å². The molecule has 2 amide bonds. The van der Waals surface area contributed by atoms with E-state index >= 15 is 4.39 Å². The van der Waals surface area contributed by atoms with Crippen molar-refractivity contribution in [3.8, 4) is 23.0 Å². The minimum absolute atomic E-state index is 0. The zero-order chi connectivity index (χ0) is 30.7. The molecule has 2 fully saturated rings. The number of carbonyl (C=O) groups is 2. The van der Waals surface area contributed by atoms with Gasteiger partial charge < -0.3 is 30.2 Å². The number of pyridine rings is 1. The van der Waals surface area contributed by atoms with Crippen molar-refractivity contribution >= 4 is 46.5 Å². The van der Waals surface area contributed by atoms with Crippen molar-refractivity contribution in [2.24, 2.45) is 11.3 Å². The van der Waals surface area contributed by atoms with E-state index in [1.54, 1.807) is 31.5 Å². The number of hydrogen-bond acceptors (Lipinski definition) is 7. The molecule has 1 aromatic heterocycles. The van der Waals surface area contributed by atoms with Crippen LogP contribution in [-0.2, 0) is 9.59 Å². The first-order chi connectivity index (χ1) is 21.3. The molecule has 12 heteroatoms. The van der Waals surface area contributed by atoms with E-state index in [-0.39, 0.29) is 23.8 Å². The molecular weight excluding hydrogens is 606 g/mol. The highest BCUT2D eigenvalue weighted by atomic mass is 35.5. The number of halogens is 3. The number of benzene rings is 3. The van der Waals surface area contributed by atoms with E-state index in [0.717, 1.165) is 32.0 Å². The number of fused-ring (bicyclic) bond motifs is 1. The quantitative estimate of drug-likeness (QED) is 0.171. The fourth-order valence-corrected chi connectivity index (χ4v) is 5.24. The van der Waals surface area contributed by atoms with E-state index in [9.17, 15) is 14.0 Å². The van der Waals surface area contributed by atoms with Gasteiger partial charge in [0, 0.05) is 35.1 Å². The van der Waals surface area contributed by atoms with Crippen LogP contribution >= 0.6 is 12.4 Å². The fraction of sp³-hybridized carbons (Fsp3) is 0.303. The molecule has 0 radical (unpaired) electrons. The molecule has 2 heterocycles. The number of amides is 2. The largest absolute Gasteiger partial charge is 0.493 e. The molecular formula is C33H33ClF2N4O5. The van der Waals surface area contributed by atoms with Crippen LogP contribution in [0.4, 0.5) is 20.2 Å². The van der Waals surface area contributed by atoms with Crippen LogP contribution in [0.3, 0.4) is 0 Å². The molecule has 1 aliphatic carbocycles. The van der Waals surface area contributed by atoms with Gasteiger partial charge in [0.25, 0.3) is 0 Å². The lowest BCUT2D eigenvalue weighted by molar-refractivity contribution is -0.131. The van der Waals surface area contributed by atoms with Crippen LogP contribution in [0, 0.1) is 23.0 Å². The standard InChI is InChI=1S/C33H32F2N4O5.ClH/c1-42-29-17-24-26(18-30(29)43-19-20-8-13-36-14-9-20)37-15-10-27(24)44-28-7-6-23(16-25(28)35)39-32(41)33(11-12-33)31(40)38-22-4-2-21(34)3-5-22;/h2-7,10,15-18,20,36H,8-9,11-14,19H2,1H3,(H,38,40)(H,39,41);1H. The fourth-order valence-electron chi connectivity index (χ4n) is 5.24. The smallest absolute Gasteiger partial charge is 0.240 e. The monoisotopic (exact) mass is 638 g/mol. The van der Waals surface area contributed by atoms with Gasteiger partial charge in [0.15, 0.2) is 23.1 Å². The number of aromatic nitrogens is 1. The highest BCUT2D eigenvalue weighted by Crippen LogP contribution is 2.47. The number of rotatable bonds is 10. The molecule has 2 aliphatic rings. The lowest BCUT2D eigenvalue weighted by Gasteiger charge is -2.23. The summed E-state index contributed by atoms with van der Waals surface area (Å²) >= 11 is 0. The first-order valence-corrected chi connectivity index (χ1v) is 14.5. The number of nitrogens with one attached hydrogen (secondary N) is 3. The second-order valence-electron chi connectivity index (χ2n) is 11.1. The Morgan fingerprint density at radius 2 is 1.58 bits per heavy atom. The van der Waals surface area contributed by atoms with E-state index in [1.807, 2.05) is 0 Å². The molecule has 3 aromatic carbocycles. The maximum Gasteiger partial charge on any atom is 0.240 e. The summed E-state index contributed by atoms with van der Waals surface area (Å²) in [6, 6.07) is 14.5. The number of ether oxygens (including phenoxy) is 3. The highest BCUT2D eigenvalue weighted by molar-refractivity contribution is 6.16. The SMILES string of the molecule is COc1cc2c(Oc3ccc(NC(=O)C4(C(=O)Nc5ccc(F)cc5)CC4)cc3F)ccnc2cc1OCC1CCNCC1.Cl. The van der Waals surface area contributed by atoms with Crippen LogP contribution in [0.1, 0.15) is 25.7 Å². The van der Waals surface area contributed by atoms with Gasteiger partial charge in [0.1, 0.15) is 17.0 Å². The third-order valence-corrected chi connectivity index (χ3v) is 8.05. The van der Waals surface area contributed by atoms with Gasteiger partial charge in [0.2, 0.25) is 11.8 Å². The molecule has 3 N–H and O–H groups in total. The Hall–Kier alpha value is -4.48.